The quantitative estimate of drug-likeness (QED) is 0.921. The fourth-order valence-electron chi connectivity index (χ4n) is 2.07. The molecule has 0 saturated carbocycles. The van der Waals surface area contributed by atoms with Crippen molar-refractivity contribution in [3.05, 3.63) is 15.6 Å². The van der Waals surface area contributed by atoms with Crippen molar-refractivity contribution in [2.75, 3.05) is 26.2 Å². The van der Waals surface area contributed by atoms with Gasteiger partial charge in [-0.05, 0) is 6.92 Å². The normalized spacial score (nSPS) is 21.8. The smallest absolute Gasteiger partial charge is 0.374 e. The van der Waals surface area contributed by atoms with E-state index >= 15 is 0 Å². The molecule has 1 fully saturated rings. The number of halogens is 3. The third kappa shape index (κ3) is 3.65. The van der Waals surface area contributed by atoms with Crippen LogP contribution in [0.25, 0.3) is 0 Å². The number of thiazole rings is 1. The lowest BCUT2D eigenvalue weighted by Gasteiger charge is -2.32. The monoisotopic (exact) mass is 295 g/mol. The summed E-state index contributed by atoms with van der Waals surface area (Å²) in [6.45, 7) is 3.90. The molecule has 0 aromatic carbocycles. The number of ether oxygens (including phenoxy) is 1. The van der Waals surface area contributed by atoms with E-state index in [2.05, 4.69) is 4.98 Å². The summed E-state index contributed by atoms with van der Waals surface area (Å²) in [5, 5.41) is 0.436. The average Bonchev–Trinajstić information content (AvgIpc) is 2.70. The predicted octanol–water partition coefficient (Wildman–Crippen LogP) is 1.63. The first-order valence-corrected chi connectivity index (χ1v) is 6.79. The molecule has 1 unspecified atom stereocenters. The van der Waals surface area contributed by atoms with Crippen LogP contribution >= 0.6 is 11.3 Å². The first kappa shape index (κ1) is 14.7. The Morgan fingerprint density at radius 2 is 2.26 bits per heavy atom. The minimum atomic E-state index is -4.39. The molecule has 19 heavy (non-hydrogen) atoms. The molecule has 108 valence electrons. The van der Waals surface area contributed by atoms with E-state index in [0.717, 1.165) is 11.3 Å². The summed E-state index contributed by atoms with van der Waals surface area (Å²) in [7, 11) is 0. The number of aromatic nitrogens is 1. The van der Waals surface area contributed by atoms with Gasteiger partial charge in [0.25, 0.3) is 0 Å². The molecule has 0 amide bonds. The molecule has 2 N–H and O–H groups in total. The van der Waals surface area contributed by atoms with E-state index in [-0.39, 0.29) is 17.5 Å². The zero-order valence-electron chi connectivity index (χ0n) is 10.5. The summed E-state index contributed by atoms with van der Waals surface area (Å²) in [5.41, 5.74) is 4.76. The van der Waals surface area contributed by atoms with Gasteiger partial charge in [-0.3, -0.25) is 4.90 Å². The van der Waals surface area contributed by atoms with Crippen LogP contribution < -0.4 is 5.73 Å². The van der Waals surface area contributed by atoms with Crippen LogP contribution in [0, 0.1) is 6.92 Å². The Morgan fingerprint density at radius 1 is 1.53 bits per heavy atom. The summed E-state index contributed by atoms with van der Waals surface area (Å²) < 4.78 is 43.9. The molecular weight excluding hydrogens is 279 g/mol. The van der Waals surface area contributed by atoms with Gasteiger partial charge < -0.3 is 10.5 Å². The number of rotatable bonds is 3. The van der Waals surface area contributed by atoms with Crippen LogP contribution in [0.2, 0.25) is 0 Å². The lowest BCUT2D eigenvalue weighted by Crippen LogP contribution is -2.45. The number of hydrogen-bond donors (Lipinski definition) is 1. The van der Waals surface area contributed by atoms with E-state index in [1.54, 1.807) is 6.92 Å². The largest absolute Gasteiger partial charge is 0.434 e. The van der Waals surface area contributed by atoms with Crippen LogP contribution in [0.15, 0.2) is 0 Å². The second-order valence-corrected chi connectivity index (χ2v) is 5.75. The van der Waals surface area contributed by atoms with E-state index < -0.39 is 11.9 Å². The standard InChI is InChI=1S/C11H16F3N3OS/c1-7-16-10(11(12,13)14)9(19-7)6-17-2-3-18-8(4-15)5-17/h8H,2-6,15H2,1H3. The minimum Gasteiger partial charge on any atom is -0.374 e. The van der Waals surface area contributed by atoms with Crippen molar-refractivity contribution in [2.45, 2.75) is 25.7 Å². The highest BCUT2D eigenvalue weighted by Crippen LogP contribution is 2.34. The molecule has 0 bridgehead atoms. The second kappa shape index (κ2) is 5.74. The maximum atomic E-state index is 12.8. The lowest BCUT2D eigenvalue weighted by atomic mass is 10.2. The van der Waals surface area contributed by atoms with Crippen molar-refractivity contribution in [1.29, 1.82) is 0 Å². The predicted molar refractivity (Wildman–Crippen MR) is 65.9 cm³/mol. The minimum absolute atomic E-state index is 0.0999. The number of nitrogens with two attached hydrogens (primary N) is 1. The van der Waals surface area contributed by atoms with Crippen LogP contribution in [0.4, 0.5) is 13.2 Å². The number of morpholine rings is 1. The second-order valence-electron chi connectivity index (χ2n) is 4.47. The maximum Gasteiger partial charge on any atom is 0.434 e. The Hall–Kier alpha value is -0.700. The molecule has 8 heteroatoms. The number of alkyl halides is 3. The molecule has 2 heterocycles. The average molecular weight is 295 g/mol. The molecule has 1 aliphatic rings. The molecule has 1 aliphatic heterocycles. The van der Waals surface area contributed by atoms with E-state index in [9.17, 15) is 13.2 Å². The zero-order chi connectivity index (χ0) is 14.0. The van der Waals surface area contributed by atoms with Crippen molar-refractivity contribution in [1.82, 2.24) is 9.88 Å². The van der Waals surface area contributed by atoms with Gasteiger partial charge in [-0.2, -0.15) is 13.2 Å². The topological polar surface area (TPSA) is 51.4 Å². The van der Waals surface area contributed by atoms with E-state index in [1.807, 2.05) is 4.90 Å². The highest BCUT2D eigenvalue weighted by Gasteiger charge is 2.37. The van der Waals surface area contributed by atoms with Crippen LogP contribution in [0.3, 0.4) is 0 Å². The lowest BCUT2D eigenvalue weighted by molar-refractivity contribution is -0.141. The maximum absolute atomic E-state index is 12.8. The van der Waals surface area contributed by atoms with Gasteiger partial charge in [0.05, 0.1) is 22.6 Å². The van der Waals surface area contributed by atoms with E-state index in [0.29, 0.717) is 31.2 Å². The summed E-state index contributed by atoms with van der Waals surface area (Å²) in [6, 6.07) is 0. The van der Waals surface area contributed by atoms with Crippen molar-refractivity contribution < 1.29 is 17.9 Å². The number of hydrogen-bond acceptors (Lipinski definition) is 5. The molecule has 0 radical (unpaired) electrons. The molecular formula is C11H16F3N3OS. The fraction of sp³-hybridized carbons (Fsp3) is 0.727. The summed E-state index contributed by atoms with van der Waals surface area (Å²) in [6.07, 6.45) is -4.49. The molecule has 2 rings (SSSR count). The molecule has 0 spiro atoms. The summed E-state index contributed by atoms with van der Waals surface area (Å²) in [4.78, 5) is 5.80. The third-order valence-electron chi connectivity index (χ3n) is 2.93. The third-order valence-corrected chi connectivity index (χ3v) is 3.88. The van der Waals surface area contributed by atoms with Crippen molar-refractivity contribution >= 4 is 11.3 Å². The van der Waals surface area contributed by atoms with Gasteiger partial charge in [-0.15, -0.1) is 11.3 Å². The van der Waals surface area contributed by atoms with E-state index in [1.165, 1.54) is 0 Å². The summed E-state index contributed by atoms with van der Waals surface area (Å²) in [5.74, 6) is 0. The van der Waals surface area contributed by atoms with Gasteiger partial charge in [0.2, 0.25) is 0 Å². The first-order chi connectivity index (χ1) is 8.90. The highest BCUT2D eigenvalue weighted by atomic mass is 32.1. The zero-order valence-corrected chi connectivity index (χ0v) is 11.4. The Bertz CT molecular complexity index is 435. The van der Waals surface area contributed by atoms with Crippen molar-refractivity contribution in [2.24, 2.45) is 5.73 Å². The van der Waals surface area contributed by atoms with Gasteiger partial charge in [0.15, 0.2) is 5.69 Å². The first-order valence-electron chi connectivity index (χ1n) is 5.97. The number of nitrogens with zero attached hydrogens (tertiary/aromatic N) is 2. The van der Waals surface area contributed by atoms with Crippen molar-refractivity contribution in [3.63, 3.8) is 0 Å². The summed E-state index contributed by atoms with van der Waals surface area (Å²) >= 11 is 1.10. The van der Waals surface area contributed by atoms with Crippen LogP contribution in [0.1, 0.15) is 15.6 Å². The Morgan fingerprint density at radius 3 is 2.89 bits per heavy atom. The fourth-order valence-corrected chi connectivity index (χ4v) is 3.07. The van der Waals surface area contributed by atoms with Gasteiger partial charge in [0.1, 0.15) is 0 Å². The molecule has 1 saturated heterocycles. The Labute approximate surface area is 113 Å². The molecule has 4 nitrogen and oxygen atoms in total. The molecule has 1 aromatic rings. The van der Waals surface area contributed by atoms with Crippen LogP contribution in [-0.2, 0) is 17.5 Å². The van der Waals surface area contributed by atoms with Crippen molar-refractivity contribution in [3.8, 4) is 0 Å². The Balaban J connectivity index is 2.10. The molecule has 1 atom stereocenters. The Kier molecular flexibility index (Phi) is 4.44. The SMILES string of the molecule is Cc1nc(C(F)(F)F)c(CN2CCOC(CN)C2)s1. The van der Waals surface area contributed by atoms with E-state index in [4.69, 9.17) is 10.5 Å². The van der Waals surface area contributed by atoms with Crippen LogP contribution in [0.5, 0.6) is 0 Å². The van der Waals surface area contributed by atoms with Gasteiger partial charge in [0, 0.05) is 26.2 Å². The van der Waals surface area contributed by atoms with Gasteiger partial charge >= 0.3 is 6.18 Å². The van der Waals surface area contributed by atoms with Crippen LogP contribution in [-0.4, -0.2) is 42.2 Å². The number of aryl methyl sites for hydroxylation is 1. The highest BCUT2D eigenvalue weighted by molar-refractivity contribution is 7.11. The van der Waals surface area contributed by atoms with Gasteiger partial charge in [-0.25, -0.2) is 4.98 Å². The molecule has 0 aliphatic carbocycles. The van der Waals surface area contributed by atoms with Gasteiger partial charge in [-0.1, -0.05) is 0 Å². The molecule has 1 aromatic heterocycles.